The van der Waals surface area contributed by atoms with Crippen LogP contribution in [0.2, 0.25) is 0 Å². The molecule has 0 bridgehead atoms. The van der Waals surface area contributed by atoms with Gasteiger partial charge < -0.3 is 10.3 Å². The first kappa shape index (κ1) is 11.0. The highest BCUT2D eigenvalue weighted by molar-refractivity contribution is 6.03. The summed E-state index contributed by atoms with van der Waals surface area (Å²) in [4.78, 5) is 28.3. The van der Waals surface area contributed by atoms with E-state index in [1.165, 1.54) is 36.5 Å². The van der Waals surface area contributed by atoms with Crippen molar-refractivity contribution in [1.29, 1.82) is 0 Å². The Kier molecular flexibility index (Phi) is 2.95. The van der Waals surface area contributed by atoms with Gasteiger partial charge in [0.2, 0.25) is 11.5 Å². The molecule has 0 aliphatic heterocycles. The number of aromatic nitrogens is 2. The molecule has 2 heterocycles. The van der Waals surface area contributed by atoms with Gasteiger partial charge in [0.1, 0.15) is 5.82 Å². The number of anilines is 1. The molecule has 0 aromatic carbocycles. The van der Waals surface area contributed by atoms with Crippen LogP contribution in [0.1, 0.15) is 10.4 Å². The first-order valence-corrected chi connectivity index (χ1v) is 4.78. The molecule has 2 N–H and O–H groups in total. The van der Waals surface area contributed by atoms with Crippen molar-refractivity contribution < 1.29 is 9.18 Å². The topological polar surface area (TPSA) is 74.8 Å². The smallest absolute Gasteiger partial charge is 0.258 e. The van der Waals surface area contributed by atoms with Crippen LogP contribution in [0.15, 0.2) is 41.3 Å². The Bertz CT molecular complexity index is 589. The number of halogens is 1. The highest BCUT2D eigenvalue weighted by Crippen LogP contribution is 2.05. The molecule has 2 aromatic heterocycles. The maximum absolute atomic E-state index is 12.8. The van der Waals surface area contributed by atoms with E-state index in [4.69, 9.17) is 0 Å². The number of pyridine rings is 2. The normalized spacial score (nSPS) is 9.94. The zero-order chi connectivity index (χ0) is 12.3. The van der Waals surface area contributed by atoms with Crippen LogP contribution in [-0.2, 0) is 0 Å². The summed E-state index contributed by atoms with van der Waals surface area (Å²) in [5, 5.41) is 2.41. The predicted molar refractivity (Wildman–Crippen MR) is 59.2 cm³/mol. The second-order valence-electron chi connectivity index (χ2n) is 3.24. The van der Waals surface area contributed by atoms with Gasteiger partial charge in [0, 0.05) is 12.3 Å². The molecule has 17 heavy (non-hydrogen) atoms. The maximum atomic E-state index is 12.8. The van der Waals surface area contributed by atoms with Gasteiger partial charge in [-0.25, -0.2) is 4.98 Å². The van der Waals surface area contributed by atoms with E-state index in [-0.39, 0.29) is 16.9 Å². The molecular weight excluding hydrogens is 225 g/mol. The molecule has 2 rings (SSSR count). The van der Waals surface area contributed by atoms with Gasteiger partial charge in [-0.2, -0.15) is 4.39 Å². The number of carbonyl (C=O) groups is 1. The maximum Gasteiger partial charge on any atom is 0.258 e. The number of H-pyrrole nitrogens is 1. The minimum absolute atomic E-state index is 0.112. The Balaban J connectivity index is 2.17. The first-order valence-electron chi connectivity index (χ1n) is 4.78. The second-order valence-corrected chi connectivity index (χ2v) is 3.24. The molecular formula is C11H8FN3O2. The molecule has 0 aliphatic rings. The quantitative estimate of drug-likeness (QED) is 0.764. The third kappa shape index (κ3) is 2.75. The zero-order valence-corrected chi connectivity index (χ0v) is 8.61. The zero-order valence-electron chi connectivity index (χ0n) is 8.61. The summed E-state index contributed by atoms with van der Waals surface area (Å²) >= 11 is 0. The van der Waals surface area contributed by atoms with Crippen LogP contribution in [0.4, 0.5) is 10.2 Å². The molecule has 6 heteroatoms. The lowest BCUT2D eigenvalue weighted by Crippen LogP contribution is -2.15. The van der Waals surface area contributed by atoms with Crippen molar-refractivity contribution in [2.45, 2.75) is 0 Å². The van der Waals surface area contributed by atoms with Gasteiger partial charge in [-0.05, 0) is 18.2 Å². The van der Waals surface area contributed by atoms with Crippen molar-refractivity contribution in [1.82, 2.24) is 9.97 Å². The Morgan fingerprint density at radius 2 is 2.12 bits per heavy atom. The molecule has 2 aromatic rings. The van der Waals surface area contributed by atoms with Crippen LogP contribution in [0.25, 0.3) is 0 Å². The van der Waals surface area contributed by atoms with Crippen LogP contribution in [-0.4, -0.2) is 15.9 Å². The van der Waals surface area contributed by atoms with Crippen molar-refractivity contribution in [3.8, 4) is 0 Å². The molecule has 1 amide bonds. The molecule has 0 atom stereocenters. The van der Waals surface area contributed by atoms with E-state index in [0.717, 1.165) is 0 Å². The second kappa shape index (κ2) is 4.56. The molecule has 5 nitrogen and oxygen atoms in total. The van der Waals surface area contributed by atoms with E-state index < -0.39 is 11.9 Å². The lowest BCUT2D eigenvalue weighted by molar-refractivity contribution is 0.102. The fourth-order valence-electron chi connectivity index (χ4n) is 1.22. The molecule has 86 valence electrons. The van der Waals surface area contributed by atoms with Gasteiger partial charge in [0.25, 0.3) is 5.91 Å². The molecule has 0 spiro atoms. The third-order valence-corrected chi connectivity index (χ3v) is 2.00. The fourth-order valence-corrected chi connectivity index (χ4v) is 1.22. The van der Waals surface area contributed by atoms with Crippen LogP contribution in [0.3, 0.4) is 0 Å². The average molecular weight is 233 g/mol. The average Bonchev–Trinajstić information content (AvgIpc) is 2.29. The minimum atomic E-state index is -0.677. The van der Waals surface area contributed by atoms with Crippen LogP contribution < -0.4 is 10.9 Å². The van der Waals surface area contributed by atoms with E-state index in [1.54, 1.807) is 0 Å². The Labute approximate surface area is 95.3 Å². The van der Waals surface area contributed by atoms with E-state index >= 15 is 0 Å². The van der Waals surface area contributed by atoms with E-state index in [1.807, 2.05) is 0 Å². The number of carbonyl (C=O) groups excluding carboxylic acids is 1. The van der Waals surface area contributed by atoms with E-state index in [2.05, 4.69) is 15.3 Å². The van der Waals surface area contributed by atoms with Crippen molar-refractivity contribution >= 4 is 11.7 Å². The molecule has 0 aliphatic carbocycles. The van der Waals surface area contributed by atoms with Gasteiger partial charge >= 0.3 is 0 Å². The molecule has 0 saturated heterocycles. The largest absolute Gasteiger partial charge is 0.328 e. The number of hydrogen-bond acceptors (Lipinski definition) is 3. The Morgan fingerprint density at radius 1 is 1.29 bits per heavy atom. The number of hydrogen-bond donors (Lipinski definition) is 2. The molecule has 0 unspecified atom stereocenters. The van der Waals surface area contributed by atoms with Crippen LogP contribution in [0, 0.1) is 5.95 Å². The highest BCUT2D eigenvalue weighted by Gasteiger charge is 2.06. The first-order chi connectivity index (χ1) is 8.15. The van der Waals surface area contributed by atoms with Gasteiger partial charge in [0.15, 0.2) is 0 Å². The third-order valence-electron chi connectivity index (χ3n) is 2.00. The summed E-state index contributed by atoms with van der Waals surface area (Å²) in [6.45, 7) is 0. The van der Waals surface area contributed by atoms with Crippen molar-refractivity contribution in [3.05, 3.63) is 58.4 Å². The van der Waals surface area contributed by atoms with Crippen molar-refractivity contribution in [3.63, 3.8) is 0 Å². The molecule has 0 fully saturated rings. The summed E-state index contributed by atoms with van der Waals surface area (Å²) in [7, 11) is 0. The number of amides is 1. The highest BCUT2D eigenvalue weighted by atomic mass is 19.1. The monoisotopic (exact) mass is 233 g/mol. The summed E-state index contributed by atoms with van der Waals surface area (Å²) in [5.41, 5.74) is -0.0407. The summed E-state index contributed by atoms with van der Waals surface area (Å²) in [6, 6.07) is 6.68. The van der Waals surface area contributed by atoms with Crippen LogP contribution in [0.5, 0.6) is 0 Å². The van der Waals surface area contributed by atoms with Gasteiger partial charge in [-0.1, -0.05) is 6.07 Å². The number of nitrogens with zero attached hydrogens (tertiary/aromatic N) is 1. The lowest BCUT2D eigenvalue weighted by atomic mass is 10.2. The summed E-state index contributed by atoms with van der Waals surface area (Å²) < 4.78 is 12.8. The fraction of sp³-hybridized carbons (Fsp3) is 0. The molecule has 0 saturated carbocycles. The van der Waals surface area contributed by atoms with Crippen molar-refractivity contribution in [2.75, 3.05) is 5.32 Å². The van der Waals surface area contributed by atoms with E-state index in [0.29, 0.717) is 0 Å². The number of aromatic amines is 1. The van der Waals surface area contributed by atoms with Gasteiger partial charge in [-0.15, -0.1) is 0 Å². The Hall–Kier alpha value is -2.50. The number of nitrogens with one attached hydrogen (secondary N) is 2. The predicted octanol–water partition coefficient (Wildman–Crippen LogP) is 1.16. The Morgan fingerprint density at radius 3 is 2.76 bits per heavy atom. The van der Waals surface area contributed by atoms with Gasteiger partial charge in [0.05, 0.1) is 5.56 Å². The minimum Gasteiger partial charge on any atom is -0.328 e. The summed E-state index contributed by atoms with van der Waals surface area (Å²) in [6.07, 6.45) is 1.27. The van der Waals surface area contributed by atoms with E-state index in [9.17, 15) is 14.0 Å². The van der Waals surface area contributed by atoms with Crippen molar-refractivity contribution in [2.24, 2.45) is 0 Å². The van der Waals surface area contributed by atoms with Crippen LogP contribution >= 0.6 is 0 Å². The standard InChI is InChI=1S/C11H8FN3O2/c12-8-2-1-3-9(14-8)15-11(17)7-4-5-10(16)13-6-7/h1-6H,(H,13,16)(H,14,15,17). The molecule has 0 radical (unpaired) electrons. The SMILES string of the molecule is O=C(Nc1cccc(F)n1)c1ccc(=O)[nH]c1. The number of rotatable bonds is 2. The summed E-state index contributed by atoms with van der Waals surface area (Å²) in [5.74, 6) is -1.04. The lowest BCUT2D eigenvalue weighted by Gasteiger charge is -2.03. The van der Waals surface area contributed by atoms with Gasteiger partial charge in [-0.3, -0.25) is 9.59 Å².